The molecule has 4 heteroatoms. The fourth-order valence-electron chi connectivity index (χ4n) is 3.70. The number of fused-ring (bicyclic) bond motifs is 1. The van der Waals surface area contributed by atoms with Crippen LogP contribution in [0.15, 0.2) is 11.3 Å². The van der Waals surface area contributed by atoms with Crippen LogP contribution in [0.2, 0.25) is 0 Å². The van der Waals surface area contributed by atoms with E-state index in [0.29, 0.717) is 5.92 Å². The lowest BCUT2D eigenvalue weighted by atomic mass is 9.77. The first kappa shape index (κ1) is 15.1. The quantitative estimate of drug-likeness (QED) is 0.729. The van der Waals surface area contributed by atoms with Gasteiger partial charge in [0.05, 0.1) is 0 Å². The molecule has 0 bridgehead atoms. The van der Waals surface area contributed by atoms with Crippen LogP contribution in [0.3, 0.4) is 0 Å². The Bertz CT molecular complexity index is 461. The molecule has 20 heavy (non-hydrogen) atoms. The predicted molar refractivity (Wildman–Crippen MR) is 74.6 cm³/mol. The molecule has 0 unspecified atom stereocenters. The molecule has 0 aliphatic heterocycles. The van der Waals surface area contributed by atoms with Crippen LogP contribution >= 0.6 is 0 Å². The molecule has 112 valence electrons. The van der Waals surface area contributed by atoms with E-state index in [1.807, 2.05) is 0 Å². The summed E-state index contributed by atoms with van der Waals surface area (Å²) in [5, 5.41) is 0. The van der Waals surface area contributed by atoms with Gasteiger partial charge in [-0.1, -0.05) is 20.8 Å². The number of esters is 2. The number of ether oxygens (including phenoxy) is 2. The van der Waals surface area contributed by atoms with Crippen LogP contribution in [0, 0.1) is 17.3 Å². The molecule has 1 saturated carbocycles. The Hall–Kier alpha value is -1.32. The lowest BCUT2D eigenvalue weighted by Gasteiger charge is -2.34. The van der Waals surface area contributed by atoms with Gasteiger partial charge >= 0.3 is 11.9 Å². The Morgan fingerprint density at radius 1 is 1.20 bits per heavy atom. The lowest BCUT2D eigenvalue weighted by molar-refractivity contribution is -0.154. The molecule has 2 rings (SSSR count). The van der Waals surface area contributed by atoms with E-state index in [1.54, 1.807) is 0 Å². The van der Waals surface area contributed by atoms with E-state index in [-0.39, 0.29) is 29.4 Å². The summed E-state index contributed by atoms with van der Waals surface area (Å²) in [6, 6.07) is 0. The van der Waals surface area contributed by atoms with Gasteiger partial charge in [-0.25, -0.2) is 0 Å². The van der Waals surface area contributed by atoms with Gasteiger partial charge in [0.1, 0.15) is 11.9 Å². The van der Waals surface area contributed by atoms with E-state index in [0.717, 1.165) is 25.0 Å². The van der Waals surface area contributed by atoms with E-state index < -0.39 is 0 Å². The van der Waals surface area contributed by atoms with Crippen LogP contribution in [0.5, 0.6) is 0 Å². The third kappa shape index (κ3) is 2.74. The Morgan fingerprint density at radius 3 is 2.40 bits per heavy atom. The van der Waals surface area contributed by atoms with Gasteiger partial charge in [-0.15, -0.1) is 0 Å². The van der Waals surface area contributed by atoms with Crippen molar-refractivity contribution in [2.75, 3.05) is 0 Å². The zero-order valence-corrected chi connectivity index (χ0v) is 13.0. The van der Waals surface area contributed by atoms with Crippen molar-refractivity contribution in [1.29, 1.82) is 0 Å². The summed E-state index contributed by atoms with van der Waals surface area (Å²) in [6.45, 7) is 9.31. The standard InChI is InChI=1S/C16H24O4/c1-9-6-7-13(19-10(2)17)12-8-16(4,5)15(14(9)12)20-11(3)18/h9,14-15H,6-8H2,1-5H3/t9-,14+,15+/m1/s1. The summed E-state index contributed by atoms with van der Waals surface area (Å²) in [6.07, 6.45) is 2.46. The molecule has 3 atom stereocenters. The van der Waals surface area contributed by atoms with E-state index in [2.05, 4.69) is 20.8 Å². The topological polar surface area (TPSA) is 52.6 Å². The number of hydrogen-bond donors (Lipinski definition) is 0. The average Bonchev–Trinajstić information content (AvgIpc) is 2.55. The van der Waals surface area contributed by atoms with E-state index in [9.17, 15) is 9.59 Å². The smallest absolute Gasteiger partial charge is 0.307 e. The lowest BCUT2D eigenvalue weighted by Crippen LogP contribution is -2.36. The van der Waals surface area contributed by atoms with Crippen molar-refractivity contribution in [1.82, 2.24) is 0 Å². The van der Waals surface area contributed by atoms with Crippen molar-refractivity contribution in [3.63, 3.8) is 0 Å². The summed E-state index contributed by atoms with van der Waals surface area (Å²) in [5.41, 5.74) is 1.06. The Kier molecular flexibility index (Phi) is 3.94. The molecule has 2 aliphatic rings. The molecular formula is C16H24O4. The molecular weight excluding hydrogens is 256 g/mol. The zero-order chi connectivity index (χ0) is 15.1. The number of hydrogen-bond acceptors (Lipinski definition) is 4. The highest BCUT2D eigenvalue weighted by Gasteiger charge is 2.52. The molecule has 0 radical (unpaired) electrons. The SMILES string of the molecule is CC(=O)OC1=C2CC(C)(C)[C@@H](OC(C)=O)[C@H]2[C@H](C)CC1. The third-order valence-corrected chi connectivity index (χ3v) is 4.50. The summed E-state index contributed by atoms with van der Waals surface area (Å²) >= 11 is 0. The molecule has 0 aromatic rings. The molecule has 0 aromatic heterocycles. The maximum Gasteiger partial charge on any atom is 0.307 e. The van der Waals surface area contributed by atoms with Crippen LogP contribution < -0.4 is 0 Å². The Balaban J connectivity index is 2.38. The van der Waals surface area contributed by atoms with Crippen molar-refractivity contribution < 1.29 is 19.1 Å². The molecule has 2 aliphatic carbocycles. The monoisotopic (exact) mass is 280 g/mol. The van der Waals surface area contributed by atoms with Gasteiger partial charge < -0.3 is 9.47 Å². The summed E-state index contributed by atoms with van der Waals surface area (Å²) in [5.74, 6) is 0.918. The normalized spacial score (nSPS) is 31.8. The molecule has 4 nitrogen and oxygen atoms in total. The van der Waals surface area contributed by atoms with Crippen molar-refractivity contribution in [3.8, 4) is 0 Å². The zero-order valence-electron chi connectivity index (χ0n) is 13.0. The fraction of sp³-hybridized carbons (Fsp3) is 0.750. The maximum absolute atomic E-state index is 11.4. The van der Waals surface area contributed by atoms with Gasteiger partial charge in [0.25, 0.3) is 0 Å². The van der Waals surface area contributed by atoms with Crippen LogP contribution in [-0.2, 0) is 19.1 Å². The van der Waals surface area contributed by atoms with Crippen LogP contribution in [0.4, 0.5) is 0 Å². The van der Waals surface area contributed by atoms with Gasteiger partial charge in [0.15, 0.2) is 0 Å². The maximum atomic E-state index is 11.4. The Labute approximate surface area is 120 Å². The summed E-state index contributed by atoms with van der Waals surface area (Å²) in [4.78, 5) is 22.7. The average molecular weight is 280 g/mol. The highest BCUT2D eigenvalue weighted by atomic mass is 16.5. The van der Waals surface area contributed by atoms with E-state index >= 15 is 0 Å². The van der Waals surface area contributed by atoms with Crippen LogP contribution in [0.25, 0.3) is 0 Å². The second kappa shape index (κ2) is 5.23. The van der Waals surface area contributed by atoms with Gasteiger partial charge in [0.2, 0.25) is 0 Å². The molecule has 0 saturated heterocycles. The fourth-order valence-corrected chi connectivity index (χ4v) is 3.70. The van der Waals surface area contributed by atoms with E-state index in [1.165, 1.54) is 19.4 Å². The minimum Gasteiger partial charge on any atom is -0.461 e. The molecule has 0 N–H and O–H groups in total. The number of rotatable bonds is 2. The first-order valence-corrected chi connectivity index (χ1v) is 7.30. The van der Waals surface area contributed by atoms with Crippen molar-refractivity contribution in [2.24, 2.45) is 17.3 Å². The Morgan fingerprint density at radius 2 is 1.85 bits per heavy atom. The van der Waals surface area contributed by atoms with Gasteiger partial charge in [-0.3, -0.25) is 9.59 Å². The number of allylic oxidation sites excluding steroid dienone is 1. The highest BCUT2D eigenvalue weighted by molar-refractivity contribution is 5.68. The molecule has 0 amide bonds. The second-order valence-corrected chi connectivity index (χ2v) is 6.78. The second-order valence-electron chi connectivity index (χ2n) is 6.78. The van der Waals surface area contributed by atoms with Crippen molar-refractivity contribution in [3.05, 3.63) is 11.3 Å². The van der Waals surface area contributed by atoms with Gasteiger partial charge in [-0.2, -0.15) is 0 Å². The molecule has 0 spiro atoms. The predicted octanol–water partition coefficient (Wildman–Crippen LogP) is 3.21. The number of carbonyl (C=O) groups excluding carboxylic acids is 2. The van der Waals surface area contributed by atoms with E-state index in [4.69, 9.17) is 9.47 Å². The van der Waals surface area contributed by atoms with Crippen molar-refractivity contribution in [2.45, 2.75) is 60.0 Å². The highest BCUT2D eigenvalue weighted by Crippen LogP contribution is 2.54. The first-order chi connectivity index (χ1) is 9.22. The van der Waals surface area contributed by atoms with Crippen molar-refractivity contribution >= 4 is 11.9 Å². The molecule has 1 fully saturated rings. The third-order valence-electron chi connectivity index (χ3n) is 4.50. The molecule has 0 heterocycles. The number of carbonyl (C=O) groups is 2. The van der Waals surface area contributed by atoms with Crippen LogP contribution in [0.1, 0.15) is 53.9 Å². The summed E-state index contributed by atoms with van der Waals surface area (Å²) < 4.78 is 11.0. The molecule has 0 aromatic carbocycles. The van der Waals surface area contributed by atoms with Gasteiger partial charge in [-0.05, 0) is 24.3 Å². The minimum absolute atomic E-state index is 0.115. The summed E-state index contributed by atoms with van der Waals surface area (Å²) in [7, 11) is 0. The minimum atomic E-state index is -0.269. The largest absolute Gasteiger partial charge is 0.461 e. The first-order valence-electron chi connectivity index (χ1n) is 7.30. The van der Waals surface area contributed by atoms with Gasteiger partial charge in [0, 0.05) is 31.6 Å². The van der Waals surface area contributed by atoms with Crippen LogP contribution in [-0.4, -0.2) is 18.0 Å².